The molecule has 3 aromatic rings. The Morgan fingerprint density at radius 1 is 0.833 bits per heavy atom. The van der Waals surface area contributed by atoms with Crippen LogP contribution in [0.4, 0.5) is 0 Å². The highest BCUT2D eigenvalue weighted by atomic mass is 15.0. The second-order valence-corrected chi connectivity index (χ2v) is 8.63. The van der Waals surface area contributed by atoms with E-state index >= 15 is 0 Å². The lowest BCUT2D eigenvalue weighted by Crippen LogP contribution is -2.31. The monoisotopic (exact) mass is 399 g/mol. The Labute approximate surface area is 184 Å². The summed E-state index contributed by atoms with van der Waals surface area (Å²) in [4.78, 5) is 4.70. The van der Waals surface area contributed by atoms with Crippen LogP contribution in [0.2, 0.25) is 0 Å². The highest BCUT2D eigenvalue weighted by Gasteiger charge is 2.20. The summed E-state index contributed by atoms with van der Waals surface area (Å²) in [6.45, 7) is 7.83. The van der Waals surface area contributed by atoms with E-state index in [9.17, 15) is 0 Å². The molecule has 0 spiro atoms. The number of hydrogen-bond donors (Lipinski definition) is 0. The van der Waals surface area contributed by atoms with E-state index in [0.717, 1.165) is 12.3 Å². The molecular formula is C27H36BN2. The van der Waals surface area contributed by atoms with Gasteiger partial charge in [0.2, 0.25) is 7.28 Å². The van der Waals surface area contributed by atoms with Crippen molar-refractivity contribution < 1.29 is 0 Å². The highest BCUT2D eigenvalue weighted by Crippen LogP contribution is 2.26. The summed E-state index contributed by atoms with van der Waals surface area (Å²) in [6.07, 6.45) is 12.0. The average Bonchev–Trinajstić information content (AvgIpc) is 3.22. The summed E-state index contributed by atoms with van der Waals surface area (Å²) < 4.78 is 2.32. The minimum Gasteiger partial charge on any atom is -0.343 e. The van der Waals surface area contributed by atoms with E-state index in [2.05, 4.69) is 93.4 Å². The second kappa shape index (κ2) is 11.8. The molecule has 1 atom stereocenters. The van der Waals surface area contributed by atoms with Gasteiger partial charge in [-0.05, 0) is 34.8 Å². The van der Waals surface area contributed by atoms with Gasteiger partial charge in [-0.3, -0.25) is 4.98 Å². The fraction of sp³-hybridized carbons (Fsp3) is 0.444. The van der Waals surface area contributed by atoms with Crippen molar-refractivity contribution >= 4 is 13.0 Å². The van der Waals surface area contributed by atoms with Crippen molar-refractivity contribution in [1.29, 1.82) is 0 Å². The number of nitrogens with zero attached hydrogens (tertiary/aromatic N) is 2. The highest BCUT2D eigenvalue weighted by molar-refractivity contribution is 6.54. The average molecular weight is 399 g/mol. The molecule has 0 N–H and O–H groups in total. The van der Waals surface area contributed by atoms with Crippen molar-refractivity contribution in [2.75, 3.05) is 0 Å². The normalized spacial score (nSPS) is 12.3. The molecule has 157 valence electrons. The van der Waals surface area contributed by atoms with E-state index in [-0.39, 0.29) is 5.82 Å². The maximum absolute atomic E-state index is 4.70. The molecule has 0 bridgehead atoms. The topological polar surface area (TPSA) is 17.8 Å². The Morgan fingerprint density at radius 3 is 2.30 bits per heavy atom. The van der Waals surface area contributed by atoms with Crippen LogP contribution < -0.4 is 5.72 Å². The van der Waals surface area contributed by atoms with Gasteiger partial charge in [0.15, 0.2) is 0 Å². The standard InChI is InChI=1S/C27H36BN2/c1-4-5-6-7-8-12-19-30-20-18-29-27(30)28-26(23-14-10-9-11-15-23)25-17-13-16-24(21-25)22(2)3/h9-11,13-18,20-22,26H,4-8,12,19H2,1-3H3. The largest absolute Gasteiger partial charge is 0.343 e. The molecule has 0 aliphatic rings. The zero-order chi connectivity index (χ0) is 21.2. The molecule has 1 unspecified atom stereocenters. The quantitative estimate of drug-likeness (QED) is 0.252. The molecule has 0 saturated heterocycles. The van der Waals surface area contributed by atoms with Gasteiger partial charge in [0.1, 0.15) is 0 Å². The minimum absolute atomic E-state index is 0.204. The first kappa shape index (κ1) is 22.4. The lowest BCUT2D eigenvalue weighted by molar-refractivity contribution is 0.563. The fourth-order valence-corrected chi connectivity index (χ4v) is 4.04. The van der Waals surface area contributed by atoms with Crippen molar-refractivity contribution in [2.24, 2.45) is 0 Å². The van der Waals surface area contributed by atoms with Crippen molar-refractivity contribution in [3.63, 3.8) is 0 Å². The van der Waals surface area contributed by atoms with E-state index < -0.39 is 0 Å². The molecule has 3 heteroatoms. The van der Waals surface area contributed by atoms with Gasteiger partial charge in [-0.2, -0.15) is 0 Å². The van der Waals surface area contributed by atoms with Crippen molar-refractivity contribution in [1.82, 2.24) is 9.55 Å². The SMILES string of the molecule is CCCCCCCCn1ccnc1[B]C(c1ccccc1)c1cccc(C(C)C)c1. The van der Waals surface area contributed by atoms with Crippen LogP contribution >= 0.6 is 0 Å². The van der Waals surface area contributed by atoms with Crippen LogP contribution in [-0.4, -0.2) is 16.8 Å². The molecule has 2 aromatic carbocycles. The molecule has 0 amide bonds. The zero-order valence-corrected chi connectivity index (χ0v) is 18.9. The van der Waals surface area contributed by atoms with Crippen LogP contribution in [0.5, 0.6) is 0 Å². The number of rotatable bonds is 12. The molecule has 3 rings (SSSR count). The van der Waals surface area contributed by atoms with Gasteiger partial charge in [0.25, 0.3) is 0 Å². The molecule has 1 heterocycles. The van der Waals surface area contributed by atoms with Crippen molar-refractivity contribution in [3.05, 3.63) is 83.7 Å². The van der Waals surface area contributed by atoms with Gasteiger partial charge in [-0.25, -0.2) is 0 Å². The van der Waals surface area contributed by atoms with E-state index in [4.69, 9.17) is 4.98 Å². The number of imidazole rings is 1. The van der Waals surface area contributed by atoms with Gasteiger partial charge in [-0.1, -0.05) is 107 Å². The molecule has 0 fully saturated rings. The third kappa shape index (κ3) is 6.36. The van der Waals surface area contributed by atoms with E-state index in [1.54, 1.807) is 0 Å². The Balaban J connectivity index is 1.75. The van der Waals surface area contributed by atoms with Crippen LogP contribution in [0.3, 0.4) is 0 Å². The van der Waals surface area contributed by atoms with Crippen LogP contribution in [0.1, 0.15) is 87.7 Å². The first-order chi connectivity index (χ1) is 14.7. The van der Waals surface area contributed by atoms with Crippen LogP contribution in [-0.2, 0) is 6.54 Å². The number of aromatic nitrogens is 2. The van der Waals surface area contributed by atoms with Gasteiger partial charge < -0.3 is 4.57 Å². The maximum Gasteiger partial charge on any atom is 0.215 e. The summed E-state index contributed by atoms with van der Waals surface area (Å²) in [5.74, 6) is 0.728. The molecule has 0 aliphatic heterocycles. The number of hydrogen-bond acceptors (Lipinski definition) is 1. The van der Waals surface area contributed by atoms with Gasteiger partial charge >= 0.3 is 0 Å². The van der Waals surface area contributed by atoms with Crippen molar-refractivity contribution in [3.8, 4) is 0 Å². The van der Waals surface area contributed by atoms with E-state index in [1.807, 2.05) is 6.20 Å². The summed E-state index contributed by atoms with van der Waals surface area (Å²) >= 11 is 0. The van der Waals surface area contributed by atoms with Crippen LogP contribution in [0, 0.1) is 0 Å². The first-order valence-electron chi connectivity index (χ1n) is 11.7. The minimum atomic E-state index is 0.204. The van der Waals surface area contributed by atoms with Gasteiger partial charge in [0, 0.05) is 18.9 Å². The number of aryl methyl sites for hydroxylation is 1. The van der Waals surface area contributed by atoms with Crippen LogP contribution in [0.25, 0.3) is 0 Å². The molecule has 0 aliphatic carbocycles. The van der Waals surface area contributed by atoms with Gasteiger partial charge in [-0.15, -0.1) is 0 Å². The Kier molecular flexibility index (Phi) is 8.80. The van der Waals surface area contributed by atoms with E-state index in [0.29, 0.717) is 5.92 Å². The number of benzene rings is 2. The maximum atomic E-state index is 4.70. The molecule has 1 radical (unpaired) electrons. The van der Waals surface area contributed by atoms with Crippen LogP contribution in [0.15, 0.2) is 67.0 Å². The Morgan fingerprint density at radius 2 is 1.53 bits per heavy atom. The summed E-state index contributed by atoms with van der Waals surface area (Å²) in [7, 11) is 2.34. The van der Waals surface area contributed by atoms with Crippen molar-refractivity contribution in [2.45, 2.75) is 77.6 Å². The summed E-state index contributed by atoms with van der Waals surface area (Å²) in [5.41, 5.74) is 5.11. The predicted molar refractivity (Wildman–Crippen MR) is 130 cm³/mol. The summed E-state index contributed by atoms with van der Waals surface area (Å²) in [6, 6.07) is 19.8. The molecule has 2 nitrogen and oxygen atoms in total. The second-order valence-electron chi connectivity index (χ2n) is 8.63. The molecule has 1 aromatic heterocycles. The third-order valence-corrected chi connectivity index (χ3v) is 5.91. The first-order valence-corrected chi connectivity index (χ1v) is 11.7. The Hall–Kier alpha value is -2.29. The Bertz CT molecular complexity index is 869. The lowest BCUT2D eigenvalue weighted by atomic mass is 9.58. The molecular weight excluding hydrogens is 363 g/mol. The molecule has 30 heavy (non-hydrogen) atoms. The predicted octanol–water partition coefficient (Wildman–Crippen LogP) is 6.49. The number of unbranched alkanes of at least 4 members (excludes halogenated alkanes) is 5. The zero-order valence-electron chi connectivity index (χ0n) is 18.9. The smallest absolute Gasteiger partial charge is 0.215 e. The molecule has 0 saturated carbocycles. The van der Waals surface area contributed by atoms with E-state index in [1.165, 1.54) is 55.2 Å². The third-order valence-electron chi connectivity index (χ3n) is 5.91. The summed E-state index contributed by atoms with van der Waals surface area (Å²) in [5, 5.41) is 0. The fourth-order valence-electron chi connectivity index (χ4n) is 4.04. The van der Waals surface area contributed by atoms with Gasteiger partial charge in [0.05, 0.1) is 5.72 Å². The lowest BCUT2D eigenvalue weighted by Gasteiger charge is -2.19.